The predicted molar refractivity (Wildman–Crippen MR) is 101 cm³/mol. The van der Waals surface area contributed by atoms with E-state index in [9.17, 15) is 16.8 Å². The van der Waals surface area contributed by atoms with Gasteiger partial charge in [0.25, 0.3) is 0 Å². The van der Waals surface area contributed by atoms with Gasteiger partial charge in [-0.05, 0) is 61.9 Å². The summed E-state index contributed by atoms with van der Waals surface area (Å²) in [6.45, 7) is 1.08. The van der Waals surface area contributed by atoms with Crippen molar-refractivity contribution in [3.05, 3.63) is 29.3 Å². The van der Waals surface area contributed by atoms with Crippen LogP contribution in [0.25, 0.3) is 0 Å². The lowest BCUT2D eigenvalue weighted by molar-refractivity contribution is 0.193. The van der Waals surface area contributed by atoms with Crippen molar-refractivity contribution in [2.45, 2.75) is 48.3 Å². The molecule has 0 bridgehead atoms. The van der Waals surface area contributed by atoms with E-state index in [0.717, 1.165) is 31.2 Å². The lowest BCUT2D eigenvalue weighted by Gasteiger charge is -2.22. The molecule has 1 N–H and O–H groups in total. The van der Waals surface area contributed by atoms with E-state index in [1.54, 1.807) is 19.2 Å². The molecule has 0 saturated carbocycles. The molecule has 0 amide bonds. The number of nitrogens with one attached hydrogen (secondary N) is 1. The highest BCUT2D eigenvalue weighted by Gasteiger charge is 2.45. The van der Waals surface area contributed by atoms with Crippen molar-refractivity contribution in [3.8, 4) is 0 Å². The second kappa shape index (κ2) is 7.96. The molecule has 1 aromatic rings. The van der Waals surface area contributed by atoms with Gasteiger partial charge in [0.15, 0.2) is 19.7 Å². The predicted octanol–water partition coefficient (Wildman–Crippen LogP) is 1.13. The molecule has 0 unspecified atom stereocenters. The van der Waals surface area contributed by atoms with Gasteiger partial charge in [-0.1, -0.05) is 6.07 Å². The Morgan fingerprint density at radius 1 is 1.15 bits per heavy atom. The van der Waals surface area contributed by atoms with Crippen LogP contribution in [0.4, 0.5) is 0 Å². The van der Waals surface area contributed by atoms with Gasteiger partial charge in [0, 0.05) is 19.8 Å². The Labute approximate surface area is 156 Å². The largest absolute Gasteiger partial charge is 0.385 e. The van der Waals surface area contributed by atoms with E-state index in [2.05, 4.69) is 5.32 Å². The zero-order valence-electron chi connectivity index (χ0n) is 15.1. The van der Waals surface area contributed by atoms with Crippen molar-refractivity contribution in [2.24, 2.45) is 0 Å². The Morgan fingerprint density at radius 3 is 2.62 bits per heavy atom. The third-order valence-corrected chi connectivity index (χ3v) is 9.43. The summed E-state index contributed by atoms with van der Waals surface area (Å²) in [6, 6.07) is 4.73. The topological polar surface area (TPSA) is 89.5 Å². The minimum absolute atomic E-state index is 0.130. The highest BCUT2D eigenvalue weighted by molar-refractivity contribution is 7.96. The fraction of sp³-hybridized carbons (Fsp3) is 0.667. The summed E-state index contributed by atoms with van der Waals surface area (Å²) in [7, 11) is -5.48. The Kier molecular flexibility index (Phi) is 6.06. The number of rotatable bonds is 7. The Morgan fingerprint density at radius 2 is 1.88 bits per heavy atom. The van der Waals surface area contributed by atoms with E-state index >= 15 is 0 Å². The number of benzene rings is 1. The molecule has 146 valence electrons. The molecule has 1 aliphatic heterocycles. The zero-order chi connectivity index (χ0) is 18.8. The van der Waals surface area contributed by atoms with Crippen molar-refractivity contribution in [3.63, 3.8) is 0 Å². The number of fused-ring (bicyclic) bond motifs is 1. The number of hydrogen-bond acceptors (Lipinski definition) is 6. The van der Waals surface area contributed by atoms with Crippen LogP contribution in [0.15, 0.2) is 23.1 Å². The molecule has 6 nitrogen and oxygen atoms in total. The van der Waals surface area contributed by atoms with E-state index in [1.807, 2.05) is 6.07 Å². The van der Waals surface area contributed by atoms with Crippen LogP contribution in [-0.2, 0) is 37.3 Å². The van der Waals surface area contributed by atoms with Crippen molar-refractivity contribution < 1.29 is 21.6 Å². The zero-order valence-corrected chi connectivity index (χ0v) is 16.7. The van der Waals surface area contributed by atoms with Crippen LogP contribution in [0.5, 0.6) is 0 Å². The molecule has 0 radical (unpaired) electrons. The van der Waals surface area contributed by atoms with Crippen LogP contribution in [0.3, 0.4) is 0 Å². The number of hydrogen-bond donors (Lipinski definition) is 1. The summed E-state index contributed by atoms with van der Waals surface area (Å²) in [6.07, 6.45) is 4.78. The third kappa shape index (κ3) is 4.30. The van der Waals surface area contributed by atoms with Gasteiger partial charge in [-0.2, -0.15) is 0 Å². The van der Waals surface area contributed by atoms with E-state index in [-0.39, 0.29) is 16.4 Å². The molecule has 0 aromatic heterocycles. The summed E-state index contributed by atoms with van der Waals surface area (Å²) in [4.78, 5) is 0.254. The Balaban J connectivity index is 1.83. The van der Waals surface area contributed by atoms with E-state index in [0.29, 0.717) is 19.6 Å². The van der Waals surface area contributed by atoms with Gasteiger partial charge in [0.2, 0.25) is 0 Å². The maximum absolute atomic E-state index is 13.2. The summed E-state index contributed by atoms with van der Waals surface area (Å²) in [5, 5.41) is 2.19. The fourth-order valence-electron chi connectivity index (χ4n) is 3.88. The molecule has 0 spiro atoms. The van der Waals surface area contributed by atoms with Gasteiger partial charge in [0.05, 0.1) is 21.7 Å². The first-order valence-electron chi connectivity index (χ1n) is 9.12. The monoisotopic (exact) mass is 401 g/mol. The molecule has 1 heterocycles. The lowest BCUT2D eigenvalue weighted by atomic mass is 9.92. The van der Waals surface area contributed by atoms with Gasteiger partial charge in [-0.15, -0.1) is 0 Å². The SMILES string of the molecule is COCCCN[C@H]1CS(=O)(=O)C[C@@H]1S(=O)(=O)c1ccc2c(c1)CCCC2. The molecule has 26 heavy (non-hydrogen) atoms. The normalized spacial score (nSPS) is 25.1. The highest BCUT2D eigenvalue weighted by atomic mass is 32.2. The minimum atomic E-state index is -3.71. The van der Waals surface area contributed by atoms with Crippen LogP contribution in [-0.4, -0.2) is 59.9 Å². The summed E-state index contributed by atoms with van der Waals surface area (Å²) >= 11 is 0. The highest BCUT2D eigenvalue weighted by Crippen LogP contribution is 2.29. The molecule has 2 aliphatic rings. The Hall–Kier alpha value is -0.960. The van der Waals surface area contributed by atoms with Gasteiger partial charge in [0.1, 0.15) is 0 Å². The van der Waals surface area contributed by atoms with Crippen molar-refractivity contribution >= 4 is 19.7 Å². The molecule has 1 aromatic carbocycles. The fourth-order valence-corrected chi connectivity index (χ4v) is 8.64. The van der Waals surface area contributed by atoms with E-state index in [1.165, 1.54) is 5.56 Å². The third-order valence-electron chi connectivity index (χ3n) is 5.28. The number of aryl methyl sites for hydroxylation is 2. The van der Waals surface area contributed by atoms with Gasteiger partial charge in [-0.25, -0.2) is 16.8 Å². The first-order valence-corrected chi connectivity index (χ1v) is 12.5. The summed E-state index contributed by atoms with van der Waals surface area (Å²) < 4.78 is 55.6. The first kappa shape index (κ1) is 19.8. The van der Waals surface area contributed by atoms with Crippen LogP contribution in [0, 0.1) is 0 Å². The summed E-state index contributed by atoms with van der Waals surface area (Å²) in [5.74, 6) is -0.441. The van der Waals surface area contributed by atoms with Crippen molar-refractivity contribution in [2.75, 3.05) is 31.8 Å². The molecule has 2 atom stereocenters. The number of ether oxygens (including phenoxy) is 1. The average Bonchev–Trinajstić information content (AvgIpc) is 2.94. The Bertz CT molecular complexity index is 848. The number of sulfone groups is 2. The standard InChI is InChI=1S/C18H27NO5S2/c1-24-10-4-9-19-17-12-25(20,21)13-18(17)26(22,23)16-8-7-14-5-2-3-6-15(14)11-16/h7-8,11,17-19H,2-6,9-10,12-13H2,1H3/t17-,18-/m0/s1. The van der Waals surface area contributed by atoms with Crippen LogP contribution in [0.1, 0.15) is 30.4 Å². The molecule has 8 heteroatoms. The van der Waals surface area contributed by atoms with E-state index < -0.39 is 31.0 Å². The second-order valence-corrected chi connectivity index (χ2v) is 11.5. The second-order valence-electron chi connectivity index (χ2n) is 7.20. The maximum atomic E-state index is 13.2. The summed E-state index contributed by atoms with van der Waals surface area (Å²) in [5.41, 5.74) is 2.30. The van der Waals surface area contributed by atoms with Crippen LogP contribution >= 0.6 is 0 Å². The average molecular weight is 402 g/mol. The van der Waals surface area contributed by atoms with Crippen LogP contribution < -0.4 is 5.32 Å². The smallest absolute Gasteiger partial charge is 0.183 e. The van der Waals surface area contributed by atoms with Gasteiger partial charge < -0.3 is 10.1 Å². The quantitative estimate of drug-likeness (QED) is 0.689. The minimum Gasteiger partial charge on any atom is -0.385 e. The van der Waals surface area contributed by atoms with Crippen LogP contribution in [0.2, 0.25) is 0 Å². The van der Waals surface area contributed by atoms with Gasteiger partial charge >= 0.3 is 0 Å². The van der Waals surface area contributed by atoms with Gasteiger partial charge in [-0.3, -0.25) is 0 Å². The van der Waals surface area contributed by atoms with Crippen molar-refractivity contribution in [1.29, 1.82) is 0 Å². The first-order chi connectivity index (χ1) is 12.3. The molecule has 1 aliphatic carbocycles. The number of methoxy groups -OCH3 is 1. The van der Waals surface area contributed by atoms with E-state index in [4.69, 9.17) is 4.74 Å². The molecule has 1 fully saturated rings. The maximum Gasteiger partial charge on any atom is 0.183 e. The van der Waals surface area contributed by atoms with Crippen molar-refractivity contribution in [1.82, 2.24) is 5.32 Å². The molecule has 1 saturated heterocycles. The lowest BCUT2D eigenvalue weighted by Crippen LogP contribution is -2.43. The molecular formula is C18H27NO5S2. The molecule has 3 rings (SSSR count). The molecular weight excluding hydrogens is 374 g/mol.